The lowest BCUT2D eigenvalue weighted by molar-refractivity contribution is 0.0950. The predicted octanol–water partition coefficient (Wildman–Crippen LogP) is 3.39. The Morgan fingerprint density at radius 1 is 1.15 bits per heavy atom. The quantitative estimate of drug-likeness (QED) is 0.592. The van der Waals surface area contributed by atoms with Crippen molar-refractivity contribution in [1.29, 1.82) is 0 Å². The van der Waals surface area contributed by atoms with Crippen LogP contribution in [0.4, 0.5) is 0 Å². The van der Waals surface area contributed by atoms with Gasteiger partial charge in [0.1, 0.15) is 5.52 Å². The maximum absolute atomic E-state index is 12.4. The molecule has 0 aliphatic rings. The first kappa shape index (κ1) is 17.0. The molecule has 1 amide bonds. The second-order valence-electron chi connectivity index (χ2n) is 6.54. The maximum atomic E-state index is 12.4. The van der Waals surface area contributed by atoms with E-state index >= 15 is 0 Å². The van der Waals surface area contributed by atoms with Gasteiger partial charge in [-0.25, -0.2) is 4.98 Å². The molecule has 0 saturated heterocycles. The lowest BCUT2D eigenvalue weighted by Crippen LogP contribution is -2.23. The number of hydrogen-bond donors (Lipinski definition) is 1. The number of nitrogens with one attached hydrogen (secondary N) is 1. The van der Waals surface area contributed by atoms with Gasteiger partial charge in [-0.3, -0.25) is 9.48 Å². The van der Waals surface area contributed by atoms with Gasteiger partial charge in [0, 0.05) is 24.7 Å². The third-order valence-corrected chi connectivity index (χ3v) is 4.49. The van der Waals surface area contributed by atoms with Crippen LogP contribution < -0.4 is 5.32 Å². The number of amides is 1. The minimum atomic E-state index is -0.159. The van der Waals surface area contributed by atoms with Crippen molar-refractivity contribution in [3.8, 4) is 0 Å². The summed E-state index contributed by atoms with van der Waals surface area (Å²) in [7, 11) is 1.88. The average Bonchev–Trinajstić information content (AvgIpc) is 3.22. The Morgan fingerprint density at radius 3 is 2.70 bits per heavy atom. The zero-order chi connectivity index (χ0) is 18.8. The summed E-state index contributed by atoms with van der Waals surface area (Å²) in [4.78, 5) is 17.0. The van der Waals surface area contributed by atoms with Gasteiger partial charge in [-0.15, -0.1) is 0 Å². The average molecular weight is 360 g/mol. The van der Waals surface area contributed by atoms with Crippen molar-refractivity contribution in [3.63, 3.8) is 0 Å². The van der Waals surface area contributed by atoms with Crippen molar-refractivity contribution in [1.82, 2.24) is 20.1 Å². The van der Waals surface area contributed by atoms with Crippen molar-refractivity contribution < 1.29 is 9.21 Å². The van der Waals surface area contributed by atoms with Gasteiger partial charge in [0.05, 0.1) is 12.2 Å². The van der Waals surface area contributed by atoms with Crippen LogP contribution in [-0.4, -0.2) is 20.7 Å². The topological polar surface area (TPSA) is 73.0 Å². The summed E-state index contributed by atoms with van der Waals surface area (Å²) in [5.74, 6) is 0.477. The molecule has 4 aromatic rings. The van der Waals surface area contributed by atoms with Gasteiger partial charge in [0.2, 0.25) is 0 Å². The number of hydrogen-bond acceptors (Lipinski definition) is 4. The lowest BCUT2D eigenvalue weighted by Gasteiger charge is -2.02. The number of benzene rings is 2. The molecule has 2 aromatic carbocycles. The number of oxazole rings is 1. The number of aromatic nitrogens is 3. The Labute approximate surface area is 156 Å². The predicted molar refractivity (Wildman–Crippen MR) is 102 cm³/mol. The molecular weight excluding hydrogens is 340 g/mol. The highest BCUT2D eigenvalue weighted by Crippen LogP contribution is 2.19. The molecule has 2 aromatic heterocycles. The fourth-order valence-corrected chi connectivity index (χ4v) is 2.96. The molecule has 0 radical (unpaired) electrons. The fraction of sp³-hybridized carbons (Fsp3) is 0.190. The monoisotopic (exact) mass is 360 g/mol. The van der Waals surface area contributed by atoms with E-state index in [1.54, 1.807) is 22.9 Å². The van der Waals surface area contributed by atoms with Gasteiger partial charge in [-0.05, 0) is 36.8 Å². The first-order valence-corrected chi connectivity index (χ1v) is 8.79. The number of carbonyl (C=O) groups is 1. The van der Waals surface area contributed by atoms with Crippen LogP contribution >= 0.6 is 0 Å². The second kappa shape index (κ2) is 7.07. The second-order valence-corrected chi connectivity index (χ2v) is 6.54. The van der Waals surface area contributed by atoms with Crippen LogP contribution in [0, 0.1) is 6.92 Å². The molecule has 0 spiro atoms. The van der Waals surface area contributed by atoms with Crippen LogP contribution in [-0.2, 0) is 20.0 Å². The van der Waals surface area contributed by atoms with Crippen LogP contribution in [0.2, 0.25) is 0 Å². The zero-order valence-electron chi connectivity index (χ0n) is 15.3. The number of rotatable bonds is 5. The number of nitrogens with zero attached hydrogens (tertiary/aromatic N) is 3. The van der Waals surface area contributed by atoms with E-state index in [4.69, 9.17) is 4.42 Å². The normalized spacial score (nSPS) is 11.0. The van der Waals surface area contributed by atoms with E-state index in [9.17, 15) is 4.79 Å². The van der Waals surface area contributed by atoms with E-state index < -0.39 is 0 Å². The van der Waals surface area contributed by atoms with Gasteiger partial charge in [0.15, 0.2) is 11.5 Å². The molecule has 6 heteroatoms. The Morgan fingerprint density at radius 2 is 1.96 bits per heavy atom. The molecule has 0 bridgehead atoms. The Hall–Kier alpha value is -3.41. The van der Waals surface area contributed by atoms with Crippen molar-refractivity contribution in [2.75, 3.05) is 0 Å². The number of carbonyl (C=O) groups excluding carboxylic acids is 1. The van der Waals surface area contributed by atoms with E-state index in [0.717, 1.165) is 17.0 Å². The number of aryl methyl sites for hydroxylation is 2. The highest BCUT2D eigenvalue weighted by Gasteiger charge is 2.12. The zero-order valence-corrected chi connectivity index (χ0v) is 15.3. The molecule has 27 heavy (non-hydrogen) atoms. The molecule has 1 N–H and O–H groups in total. The van der Waals surface area contributed by atoms with Crippen molar-refractivity contribution >= 4 is 17.0 Å². The summed E-state index contributed by atoms with van der Waals surface area (Å²) in [5.41, 5.74) is 4.92. The molecule has 0 atom stereocenters. The van der Waals surface area contributed by atoms with E-state index in [1.807, 2.05) is 50.4 Å². The maximum Gasteiger partial charge on any atom is 0.251 e. The third kappa shape index (κ3) is 3.74. The molecule has 6 nitrogen and oxygen atoms in total. The van der Waals surface area contributed by atoms with Crippen molar-refractivity contribution in [2.45, 2.75) is 19.9 Å². The van der Waals surface area contributed by atoms with E-state index in [0.29, 0.717) is 35.5 Å². The summed E-state index contributed by atoms with van der Waals surface area (Å²) in [6.07, 6.45) is 0.621. The van der Waals surface area contributed by atoms with Crippen LogP contribution in [0.15, 0.2) is 59.0 Å². The van der Waals surface area contributed by atoms with Gasteiger partial charge >= 0.3 is 0 Å². The van der Waals surface area contributed by atoms with E-state index in [1.165, 1.54) is 0 Å². The highest BCUT2D eigenvalue weighted by molar-refractivity contribution is 5.97. The minimum absolute atomic E-state index is 0.159. The Bertz CT molecular complexity index is 1080. The SMILES string of the molecule is Cc1cc(CNC(=O)c2ccc3oc(Cc4ccccc4)nc3c2)nn1C. The van der Waals surface area contributed by atoms with Gasteiger partial charge in [0.25, 0.3) is 5.91 Å². The molecule has 0 fully saturated rings. The third-order valence-electron chi connectivity index (χ3n) is 4.49. The summed E-state index contributed by atoms with van der Waals surface area (Å²) in [6, 6.07) is 17.3. The summed E-state index contributed by atoms with van der Waals surface area (Å²) in [5, 5.41) is 7.24. The highest BCUT2D eigenvalue weighted by atomic mass is 16.3. The lowest BCUT2D eigenvalue weighted by atomic mass is 10.1. The van der Waals surface area contributed by atoms with Crippen LogP contribution in [0.1, 0.15) is 33.2 Å². The van der Waals surface area contributed by atoms with Gasteiger partial charge in [-0.1, -0.05) is 30.3 Å². The van der Waals surface area contributed by atoms with E-state index in [2.05, 4.69) is 15.4 Å². The van der Waals surface area contributed by atoms with Crippen LogP contribution in [0.25, 0.3) is 11.1 Å². The van der Waals surface area contributed by atoms with Crippen LogP contribution in [0.5, 0.6) is 0 Å². The minimum Gasteiger partial charge on any atom is -0.440 e. The Kier molecular flexibility index (Phi) is 4.46. The van der Waals surface area contributed by atoms with E-state index in [-0.39, 0.29) is 5.91 Å². The van der Waals surface area contributed by atoms with Gasteiger partial charge < -0.3 is 9.73 Å². The smallest absolute Gasteiger partial charge is 0.251 e. The molecule has 0 unspecified atom stereocenters. The molecule has 4 rings (SSSR count). The fourth-order valence-electron chi connectivity index (χ4n) is 2.96. The number of fused-ring (bicyclic) bond motifs is 1. The molecule has 2 heterocycles. The van der Waals surface area contributed by atoms with Crippen LogP contribution in [0.3, 0.4) is 0 Å². The first-order valence-electron chi connectivity index (χ1n) is 8.79. The van der Waals surface area contributed by atoms with Crippen molar-refractivity contribution in [3.05, 3.63) is 83.0 Å². The van der Waals surface area contributed by atoms with Gasteiger partial charge in [-0.2, -0.15) is 5.10 Å². The van der Waals surface area contributed by atoms with Crippen molar-refractivity contribution in [2.24, 2.45) is 7.05 Å². The molecule has 0 aliphatic carbocycles. The molecule has 0 saturated carbocycles. The first-order chi connectivity index (χ1) is 13.1. The molecular formula is C21H20N4O2. The standard InChI is InChI=1S/C21H20N4O2/c1-14-10-17(24-25(14)2)13-22-21(26)16-8-9-19-18(12-16)23-20(27-19)11-15-6-4-3-5-7-15/h3-10,12H,11,13H2,1-2H3,(H,22,26). The summed E-state index contributed by atoms with van der Waals surface area (Å²) in [6.45, 7) is 2.36. The summed E-state index contributed by atoms with van der Waals surface area (Å²) >= 11 is 0. The largest absolute Gasteiger partial charge is 0.440 e. The molecule has 0 aliphatic heterocycles. The molecule has 136 valence electrons. The Balaban J connectivity index is 1.48. The summed E-state index contributed by atoms with van der Waals surface area (Å²) < 4.78 is 7.59.